The average Bonchev–Trinajstić information content (AvgIpc) is 2.41. The van der Waals surface area contributed by atoms with Gasteiger partial charge in [0.15, 0.2) is 0 Å². The second kappa shape index (κ2) is 5.14. The molecular formula is C14H16N2O3. The van der Waals surface area contributed by atoms with E-state index in [2.05, 4.69) is 15.4 Å². The van der Waals surface area contributed by atoms with Gasteiger partial charge in [0.05, 0.1) is 13.2 Å². The van der Waals surface area contributed by atoms with Gasteiger partial charge in [-0.25, -0.2) is 9.59 Å². The van der Waals surface area contributed by atoms with Crippen LogP contribution in [0.4, 0.5) is 4.79 Å². The molecule has 2 amide bonds. The number of ether oxygens (including phenoxy) is 1. The Morgan fingerprint density at radius 3 is 2.42 bits per heavy atom. The van der Waals surface area contributed by atoms with Crippen LogP contribution in [0.25, 0.3) is 0 Å². The highest BCUT2D eigenvalue weighted by Gasteiger charge is 2.29. The topological polar surface area (TPSA) is 67.4 Å². The Labute approximate surface area is 111 Å². The van der Waals surface area contributed by atoms with Crippen LogP contribution in [0.3, 0.4) is 0 Å². The summed E-state index contributed by atoms with van der Waals surface area (Å²) >= 11 is 0. The number of carbonyl (C=O) groups is 2. The summed E-state index contributed by atoms with van der Waals surface area (Å²) in [4.78, 5) is 23.3. The molecule has 0 aromatic heterocycles. The van der Waals surface area contributed by atoms with Crippen molar-refractivity contribution in [1.29, 1.82) is 0 Å². The molecule has 1 atom stereocenters. The molecule has 1 aliphatic rings. The van der Waals surface area contributed by atoms with E-state index in [0.717, 1.165) is 16.7 Å². The molecule has 1 heterocycles. The molecule has 0 saturated carbocycles. The predicted octanol–water partition coefficient (Wildman–Crippen LogP) is 1.80. The van der Waals surface area contributed by atoms with Crippen LogP contribution < -0.4 is 10.6 Å². The van der Waals surface area contributed by atoms with Crippen molar-refractivity contribution in [2.45, 2.75) is 19.9 Å². The Balaban J connectivity index is 2.41. The molecular weight excluding hydrogens is 244 g/mol. The lowest BCUT2D eigenvalue weighted by Gasteiger charge is -2.27. The molecule has 5 nitrogen and oxygen atoms in total. The molecule has 0 bridgehead atoms. The van der Waals surface area contributed by atoms with Gasteiger partial charge in [-0.05, 0) is 25.0 Å². The van der Waals surface area contributed by atoms with Crippen molar-refractivity contribution in [3.8, 4) is 0 Å². The Morgan fingerprint density at radius 1 is 1.21 bits per heavy atom. The summed E-state index contributed by atoms with van der Waals surface area (Å²) in [6.45, 7) is 3.79. The molecule has 100 valence electrons. The number of carbonyl (C=O) groups excluding carboxylic acids is 2. The number of nitrogens with one attached hydrogen (secondary N) is 2. The van der Waals surface area contributed by atoms with Crippen LogP contribution in [0, 0.1) is 6.92 Å². The van der Waals surface area contributed by atoms with Gasteiger partial charge in [0.25, 0.3) is 0 Å². The molecule has 0 aliphatic carbocycles. The van der Waals surface area contributed by atoms with E-state index >= 15 is 0 Å². The third-order valence-electron chi connectivity index (χ3n) is 3.14. The van der Waals surface area contributed by atoms with Crippen molar-refractivity contribution >= 4 is 12.0 Å². The van der Waals surface area contributed by atoms with Gasteiger partial charge >= 0.3 is 12.0 Å². The molecule has 1 aliphatic heterocycles. The number of esters is 1. The lowest BCUT2D eigenvalue weighted by atomic mass is 9.96. The minimum Gasteiger partial charge on any atom is -0.464 e. The van der Waals surface area contributed by atoms with Crippen LogP contribution in [0.1, 0.15) is 24.1 Å². The Kier molecular flexibility index (Phi) is 3.55. The van der Waals surface area contributed by atoms with Crippen molar-refractivity contribution in [1.82, 2.24) is 10.6 Å². The zero-order chi connectivity index (χ0) is 14.0. The van der Waals surface area contributed by atoms with Gasteiger partial charge in [0.1, 0.15) is 5.70 Å². The number of aryl methyl sites for hydroxylation is 1. The highest BCUT2D eigenvalue weighted by atomic mass is 16.5. The van der Waals surface area contributed by atoms with E-state index < -0.39 is 12.0 Å². The van der Waals surface area contributed by atoms with Gasteiger partial charge in [-0.3, -0.25) is 0 Å². The number of benzene rings is 1. The number of amides is 2. The second-order valence-electron chi connectivity index (χ2n) is 4.49. The van der Waals surface area contributed by atoms with Gasteiger partial charge < -0.3 is 15.4 Å². The Hall–Kier alpha value is -2.30. The first-order valence-electron chi connectivity index (χ1n) is 5.96. The van der Waals surface area contributed by atoms with Crippen LogP contribution >= 0.6 is 0 Å². The zero-order valence-electron chi connectivity index (χ0n) is 11.1. The molecule has 1 aromatic rings. The number of methoxy groups -OCH3 is 1. The summed E-state index contributed by atoms with van der Waals surface area (Å²) in [5, 5.41) is 5.28. The summed E-state index contributed by atoms with van der Waals surface area (Å²) in [6, 6.07) is 7.08. The molecule has 0 radical (unpaired) electrons. The zero-order valence-corrected chi connectivity index (χ0v) is 11.1. The predicted molar refractivity (Wildman–Crippen MR) is 70.3 cm³/mol. The highest BCUT2D eigenvalue weighted by Crippen LogP contribution is 2.26. The van der Waals surface area contributed by atoms with E-state index in [0.29, 0.717) is 0 Å². The maximum absolute atomic E-state index is 11.6. The number of hydrogen-bond acceptors (Lipinski definition) is 3. The van der Waals surface area contributed by atoms with Crippen LogP contribution in [-0.4, -0.2) is 19.1 Å². The van der Waals surface area contributed by atoms with Crippen molar-refractivity contribution in [3.63, 3.8) is 0 Å². The average molecular weight is 260 g/mol. The largest absolute Gasteiger partial charge is 0.464 e. The number of hydrogen-bond donors (Lipinski definition) is 2. The smallest absolute Gasteiger partial charge is 0.354 e. The Morgan fingerprint density at radius 2 is 1.84 bits per heavy atom. The molecule has 0 fully saturated rings. The number of urea groups is 1. The number of rotatable bonds is 2. The molecule has 2 N–H and O–H groups in total. The van der Waals surface area contributed by atoms with Gasteiger partial charge in [-0.1, -0.05) is 29.8 Å². The third kappa shape index (κ3) is 2.59. The van der Waals surface area contributed by atoms with Crippen molar-refractivity contribution < 1.29 is 14.3 Å². The minimum absolute atomic E-state index is 0.205. The molecule has 0 unspecified atom stereocenters. The molecule has 2 rings (SSSR count). The fourth-order valence-corrected chi connectivity index (χ4v) is 2.04. The van der Waals surface area contributed by atoms with Crippen molar-refractivity contribution in [2.75, 3.05) is 7.11 Å². The summed E-state index contributed by atoms with van der Waals surface area (Å²) in [6.07, 6.45) is 0. The molecule has 1 aromatic carbocycles. The van der Waals surface area contributed by atoms with E-state index in [1.807, 2.05) is 31.2 Å². The first kappa shape index (κ1) is 13.1. The van der Waals surface area contributed by atoms with E-state index in [1.54, 1.807) is 6.92 Å². The molecule has 5 heteroatoms. The maximum Gasteiger partial charge on any atom is 0.354 e. The van der Waals surface area contributed by atoms with Crippen molar-refractivity contribution in [2.24, 2.45) is 0 Å². The SMILES string of the molecule is COC(=O)C1=C(C)[C@H](c2ccc(C)cc2)NC(=O)N1. The monoisotopic (exact) mass is 260 g/mol. The third-order valence-corrected chi connectivity index (χ3v) is 3.14. The molecule has 0 spiro atoms. The minimum atomic E-state index is -0.538. The summed E-state index contributed by atoms with van der Waals surface area (Å²) in [7, 11) is 1.29. The van der Waals surface area contributed by atoms with E-state index in [-0.39, 0.29) is 11.7 Å². The highest BCUT2D eigenvalue weighted by molar-refractivity contribution is 5.96. The quantitative estimate of drug-likeness (QED) is 0.797. The molecule has 19 heavy (non-hydrogen) atoms. The fraction of sp³-hybridized carbons (Fsp3) is 0.286. The normalized spacial score (nSPS) is 18.7. The van der Waals surface area contributed by atoms with Crippen LogP contribution in [-0.2, 0) is 9.53 Å². The van der Waals surface area contributed by atoms with E-state index in [4.69, 9.17) is 0 Å². The van der Waals surface area contributed by atoms with Crippen LogP contribution in [0.2, 0.25) is 0 Å². The van der Waals surface area contributed by atoms with Crippen LogP contribution in [0.5, 0.6) is 0 Å². The van der Waals surface area contributed by atoms with Crippen molar-refractivity contribution in [3.05, 3.63) is 46.7 Å². The summed E-state index contributed by atoms with van der Waals surface area (Å²) in [5.41, 5.74) is 3.00. The van der Waals surface area contributed by atoms with Crippen LogP contribution in [0.15, 0.2) is 35.5 Å². The van der Waals surface area contributed by atoms with Gasteiger partial charge in [0, 0.05) is 0 Å². The van der Waals surface area contributed by atoms with E-state index in [9.17, 15) is 9.59 Å². The van der Waals surface area contributed by atoms with Gasteiger partial charge in [-0.2, -0.15) is 0 Å². The fourth-order valence-electron chi connectivity index (χ4n) is 2.04. The standard InChI is InChI=1S/C14H16N2O3/c1-8-4-6-10(7-5-8)11-9(2)12(13(17)19-3)16-14(18)15-11/h4-7,11H,1-3H3,(H2,15,16,18)/t11-/m1/s1. The first-order chi connectivity index (χ1) is 9.02. The Bertz CT molecular complexity index is 546. The lowest BCUT2D eigenvalue weighted by Crippen LogP contribution is -2.45. The van der Waals surface area contributed by atoms with Gasteiger partial charge in [0.2, 0.25) is 0 Å². The van der Waals surface area contributed by atoms with Gasteiger partial charge in [-0.15, -0.1) is 0 Å². The second-order valence-corrected chi connectivity index (χ2v) is 4.49. The summed E-state index contributed by atoms with van der Waals surface area (Å²) in [5.74, 6) is -0.538. The maximum atomic E-state index is 11.6. The lowest BCUT2D eigenvalue weighted by molar-refractivity contribution is -0.136. The first-order valence-corrected chi connectivity index (χ1v) is 5.96. The van der Waals surface area contributed by atoms with E-state index in [1.165, 1.54) is 7.11 Å². The summed E-state index contributed by atoms with van der Waals surface area (Å²) < 4.78 is 4.67. The molecule has 0 saturated heterocycles.